The van der Waals surface area contributed by atoms with E-state index in [0.717, 1.165) is 15.8 Å². The van der Waals surface area contributed by atoms with E-state index in [1.807, 2.05) is 18.2 Å². The lowest BCUT2D eigenvalue weighted by atomic mass is 10.0. The van der Waals surface area contributed by atoms with Gasteiger partial charge in [-0.15, -0.1) is 11.6 Å². The third-order valence-electron chi connectivity index (χ3n) is 2.65. The number of rotatable bonds is 3. The Morgan fingerprint density at radius 3 is 2.42 bits per heavy atom. The molecule has 0 bridgehead atoms. The van der Waals surface area contributed by atoms with E-state index in [0.29, 0.717) is 10.0 Å². The van der Waals surface area contributed by atoms with Crippen LogP contribution in [0.5, 0.6) is 5.75 Å². The van der Waals surface area contributed by atoms with Gasteiger partial charge in [-0.3, -0.25) is 0 Å². The first-order valence-electron chi connectivity index (χ1n) is 5.44. The summed E-state index contributed by atoms with van der Waals surface area (Å²) in [6.07, 6.45) is 0. The zero-order valence-corrected chi connectivity index (χ0v) is 13.9. The Hall–Kier alpha value is -0.580. The van der Waals surface area contributed by atoms with Crippen LogP contribution in [0.1, 0.15) is 16.5 Å². The molecule has 100 valence electrons. The van der Waals surface area contributed by atoms with Crippen molar-refractivity contribution in [1.29, 1.82) is 0 Å². The molecule has 0 aliphatic carbocycles. The van der Waals surface area contributed by atoms with Crippen molar-refractivity contribution in [3.63, 3.8) is 0 Å². The minimum atomic E-state index is -0.422. The third kappa shape index (κ3) is 3.50. The zero-order valence-electron chi connectivity index (χ0n) is 9.96. The molecule has 1 atom stereocenters. The number of methoxy groups -OCH3 is 1. The van der Waals surface area contributed by atoms with E-state index >= 15 is 0 Å². The predicted molar refractivity (Wildman–Crippen MR) is 82.5 cm³/mol. The quantitative estimate of drug-likeness (QED) is 0.593. The molecule has 0 radical (unpaired) electrons. The molecule has 0 amide bonds. The molecule has 2 aromatic carbocycles. The van der Waals surface area contributed by atoms with Gasteiger partial charge in [0.1, 0.15) is 11.6 Å². The van der Waals surface area contributed by atoms with Gasteiger partial charge < -0.3 is 4.74 Å². The maximum absolute atomic E-state index is 13.4. The van der Waals surface area contributed by atoms with Crippen LogP contribution in [-0.4, -0.2) is 7.11 Å². The van der Waals surface area contributed by atoms with Gasteiger partial charge in [0.15, 0.2) is 0 Å². The smallest absolute Gasteiger partial charge is 0.133 e. The summed E-state index contributed by atoms with van der Waals surface area (Å²) >= 11 is 13.1. The molecule has 19 heavy (non-hydrogen) atoms. The Morgan fingerprint density at radius 1 is 1.11 bits per heavy atom. The fraction of sp³-hybridized carbons (Fsp3) is 0.143. The maximum atomic E-state index is 13.4. The lowest BCUT2D eigenvalue weighted by Gasteiger charge is -2.13. The van der Waals surface area contributed by atoms with Crippen molar-refractivity contribution in [2.45, 2.75) is 5.38 Å². The van der Waals surface area contributed by atoms with E-state index in [4.69, 9.17) is 16.3 Å². The van der Waals surface area contributed by atoms with Crippen LogP contribution in [0.25, 0.3) is 0 Å². The van der Waals surface area contributed by atoms with Crippen molar-refractivity contribution in [1.82, 2.24) is 0 Å². The number of hydrogen-bond donors (Lipinski definition) is 0. The first kappa shape index (κ1) is 14.8. The molecule has 0 fully saturated rings. The van der Waals surface area contributed by atoms with E-state index in [2.05, 4.69) is 31.9 Å². The molecule has 5 heteroatoms. The first-order valence-corrected chi connectivity index (χ1v) is 7.47. The molecule has 0 aromatic heterocycles. The Labute approximate surface area is 133 Å². The van der Waals surface area contributed by atoms with Gasteiger partial charge in [0.25, 0.3) is 0 Å². The second-order valence-corrected chi connectivity index (χ2v) is 6.17. The summed E-state index contributed by atoms with van der Waals surface area (Å²) in [6.45, 7) is 0. The van der Waals surface area contributed by atoms with E-state index in [1.54, 1.807) is 13.2 Å². The van der Waals surface area contributed by atoms with Crippen LogP contribution in [0.2, 0.25) is 0 Å². The second-order valence-electron chi connectivity index (χ2n) is 3.96. The summed E-state index contributed by atoms with van der Waals surface area (Å²) in [4.78, 5) is 0. The average molecular weight is 408 g/mol. The number of alkyl halides is 1. The normalized spacial score (nSPS) is 12.3. The van der Waals surface area contributed by atoms with E-state index < -0.39 is 5.38 Å². The van der Waals surface area contributed by atoms with Crippen LogP contribution >= 0.6 is 43.5 Å². The molecule has 0 aliphatic heterocycles. The summed E-state index contributed by atoms with van der Waals surface area (Å²) in [7, 11) is 1.60. The molecule has 0 N–H and O–H groups in total. The molecule has 0 aliphatic rings. The van der Waals surface area contributed by atoms with Gasteiger partial charge in [-0.2, -0.15) is 0 Å². The van der Waals surface area contributed by atoms with Crippen LogP contribution in [0.15, 0.2) is 45.3 Å². The number of ether oxygens (including phenoxy) is 1. The fourth-order valence-corrected chi connectivity index (χ4v) is 3.06. The Bertz CT molecular complexity index is 584. The molecule has 1 unspecified atom stereocenters. The van der Waals surface area contributed by atoms with Crippen molar-refractivity contribution >= 4 is 43.5 Å². The molecule has 2 rings (SSSR count). The van der Waals surface area contributed by atoms with Gasteiger partial charge in [-0.25, -0.2) is 4.39 Å². The van der Waals surface area contributed by atoms with E-state index in [-0.39, 0.29) is 5.82 Å². The summed E-state index contributed by atoms with van der Waals surface area (Å²) in [6, 6.07) is 10.2. The Morgan fingerprint density at radius 2 is 1.84 bits per heavy atom. The third-order valence-corrected chi connectivity index (χ3v) is 4.23. The molecule has 1 nitrogen and oxygen atoms in total. The van der Waals surface area contributed by atoms with Crippen LogP contribution in [0.3, 0.4) is 0 Å². The van der Waals surface area contributed by atoms with Crippen LogP contribution < -0.4 is 4.74 Å². The Kier molecular flexibility index (Phi) is 4.87. The highest BCUT2D eigenvalue weighted by Crippen LogP contribution is 2.35. The molecular weight excluding hydrogens is 398 g/mol. The van der Waals surface area contributed by atoms with Crippen LogP contribution in [0, 0.1) is 5.82 Å². The largest absolute Gasteiger partial charge is 0.496 e. The predicted octanol–water partition coefficient (Wildman–Crippen LogP) is 5.69. The summed E-state index contributed by atoms with van der Waals surface area (Å²) in [5.41, 5.74) is 1.57. The fourth-order valence-electron chi connectivity index (χ4n) is 1.75. The molecular formula is C14H10Br2ClFO. The van der Waals surface area contributed by atoms with Gasteiger partial charge in [0.2, 0.25) is 0 Å². The lowest BCUT2D eigenvalue weighted by Crippen LogP contribution is -1.95. The standard InChI is InChI=1S/C14H10Br2ClFO/c1-19-13-3-2-8(6-12(13)16)14(17)9-4-10(15)7-11(18)5-9/h2-7,14H,1H3. The van der Waals surface area contributed by atoms with Crippen LogP contribution in [0.4, 0.5) is 4.39 Å². The minimum Gasteiger partial charge on any atom is -0.496 e. The molecule has 2 aromatic rings. The lowest BCUT2D eigenvalue weighted by molar-refractivity contribution is 0.412. The molecule has 0 saturated carbocycles. The van der Waals surface area contributed by atoms with Crippen molar-refractivity contribution in [3.05, 3.63) is 62.3 Å². The average Bonchev–Trinajstić information content (AvgIpc) is 2.36. The number of hydrogen-bond acceptors (Lipinski definition) is 1. The summed E-state index contributed by atoms with van der Waals surface area (Å²) in [5.74, 6) is 0.413. The molecule has 0 saturated heterocycles. The minimum absolute atomic E-state index is 0.317. The van der Waals surface area contributed by atoms with Gasteiger partial charge in [0, 0.05) is 4.47 Å². The zero-order chi connectivity index (χ0) is 14.0. The van der Waals surface area contributed by atoms with Crippen LogP contribution in [-0.2, 0) is 0 Å². The topological polar surface area (TPSA) is 9.23 Å². The first-order chi connectivity index (χ1) is 9.01. The van der Waals surface area contributed by atoms with E-state index in [9.17, 15) is 4.39 Å². The van der Waals surface area contributed by atoms with Crippen molar-refractivity contribution in [2.24, 2.45) is 0 Å². The highest BCUT2D eigenvalue weighted by molar-refractivity contribution is 9.10. The highest BCUT2D eigenvalue weighted by Gasteiger charge is 2.14. The van der Waals surface area contributed by atoms with Crippen molar-refractivity contribution in [2.75, 3.05) is 7.11 Å². The monoisotopic (exact) mass is 406 g/mol. The SMILES string of the molecule is COc1ccc(C(Cl)c2cc(F)cc(Br)c2)cc1Br. The van der Waals surface area contributed by atoms with E-state index in [1.165, 1.54) is 12.1 Å². The number of halogens is 4. The Balaban J connectivity index is 2.38. The number of benzene rings is 2. The van der Waals surface area contributed by atoms with Gasteiger partial charge >= 0.3 is 0 Å². The maximum Gasteiger partial charge on any atom is 0.133 e. The van der Waals surface area contributed by atoms with Gasteiger partial charge in [-0.05, 0) is 57.4 Å². The molecule has 0 spiro atoms. The summed E-state index contributed by atoms with van der Waals surface area (Å²) in [5, 5.41) is -0.422. The molecule has 0 heterocycles. The van der Waals surface area contributed by atoms with Crippen molar-refractivity contribution in [3.8, 4) is 5.75 Å². The van der Waals surface area contributed by atoms with Gasteiger partial charge in [0.05, 0.1) is 17.0 Å². The second kappa shape index (κ2) is 6.25. The van der Waals surface area contributed by atoms with Gasteiger partial charge in [-0.1, -0.05) is 22.0 Å². The highest BCUT2D eigenvalue weighted by atomic mass is 79.9. The van der Waals surface area contributed by atoms with Crippen molar-refractivity contribution < 1.29 is 9.13 Å². The summed E-state index contributed by atoms with van der Waals surface area (Å²) < 4.78 is 20.0.